The van der Waals surface area contributed by atoms with E-state index in [0.717, 1.165) is 22.8 Å². The van der Waals surface area contributed by atoms with Crippen molar-refractivity contribution in [2.45, 2.75) is 38.5 Å². The molecule has 20 heavy (non-hydrogen) atoms. The topological polar surface area (TPSA) is 57.6 Å². The molecule has 6 heteroatoms. The zero-order chi connectivity index (χ0) is 14.7. The molecule has 2 rings (SSSR count). The summed E-state index contributed by atoms with van der Waals surface area (Å²) in [5.74, 6) is 1.19. The molecule has 1 aromatic rings. The molecule has 0 saturated carbocycles. The van der Waals surface area contributed by atoms with Crippen molar-refractivity contribution in [3.63, 3.8) is 0 Å². The van der Waals surface area contributed by atoms with Gasteiger partial charge in [-0.2, -0.15) is 11.8 Å². The molecule has 0 fully saturated rings. The van der Waals surface area contributed by atoms with Crippen LogP contribution in [0.5, 0.6) is 0 Å². The molecule has 1 aliphatic heterocycles. The van der Waals surface area contributed by atoms with Crippen molar-refractivity contribution in [2.24, 2.45) is 0 Å². The van der Waals surface area contributed by atoms with E-state index in [1.54, 1.807) is 16.2 Å². The fourth-order valence-electron chi connectivity index (χ4n) is 2.20. The Morgan fingerprint density at radius 3 is 2.80 bits per heavy atom. The number of carbonyl (C=O) groups is 2. The second kappa shape index (κ2) is 6.63. The van der Waals surface area contributed by atoms with Gasteiger partial charge in [-0.25, -0.2) is 0 Å². The number of amides is 1. The van der Waals surface area contributed by atoms with E-state index in [4.69, 9.17) is 5.11 Å². The van der Waals surface area contributed by atoms with Crippen molar-refractivity contribution >= 4 is 35.0 Å². The van der Waals surface area contributed by atoms with Gasteiger partial charge in [0.25, 0.3) is 5.91 Å². The fourth-order valence-corrected chi connectivity index (χ4v) is 4.53. The smallest absolute Gasteiger partial charge is 0.305 e. The summed E-state index contributed by atoms with van der Waals surface area (Å²) in [4.78, 5) is 27.0. The van der Waals surface area contributed by atoms with Gasteiger partial charge in [0.15, 0.2) is 0 Å². The Bertz CT molecular complexity index is 487. The third kappa shape index (κ3) is 3.55. The van der Waals surface area contributed by atoms with E-state index in [2.05, 4.69) is 0 Å². The van der Waals surface area contributed by atoms with Crippen LogP contribution in [-0.4, -0.2) is 40.2 Å². The molecule has 1 amide bonds. The molecule has 2 heterocycles. The van der Waals surface area contributed by atoms with Crippen molar-refractivity contribution < 1.29 is 14.7 Å². The number of nitrogens with zero attached hydrogens (tertiary/aromatic N) is 1. The highest BCUT2D eigenvalue weighted by atomic mass is 32.2. The van der Waals surface area contributed by atoms with Crippen LogP contribution in [0.1, 0.15) is 40.4 Å². The van der Waals surface area contributed by atoms with Crippen molar-refractivity contribution in [2.75, 3.05) is 12.3 Å². The number of carboxylic acid groups (broad SMARTS) is 1. The van der Waals surface area contributed by atoms with Crippen LogP contribution in [0.3, 0.4) is 0 Å². The lowest BCUT2D eigenvalue weighted by Gasteiger charge is -2.25. The van der Waals surface area contributed by atoms with Crippen LogP contribution in [0, 0.1) is 0 Å². The van der Waals surface area contributed by atoms with Gasteiger partial charge in [-0.3, -0.25) is 9.59 Å². The van der Waals surface area contributed by atoms with Gasteiger partial charge >= 0.3 is 5.97 Å². The molecule has 1 aromatic heterocycles. The molecule has 0 spiro atoms. The second-order valence-electron chi connectivity index (χ2n) is 5.10. The van der Waals surface area contributed by atoms with E-state index in [1.165, 1.54) is 10.4 Å². The van der Waals surface area contributed by atoms with Crippen LogP contribution in [0.2, 0.25) is 0 Å². The van der Waals surface area contributed by atoms with Crippen LogP contribution in [0.15, 0.2) is 6.07 Å². The number of rotatable bonds is 5. The molecule has 0 atom stereocenters. The number of carbonyl (C=O) groups excluding carboxylic acids is 1. The van der Waals surface area contributed by atoms with Crippen LogP contribution >= 0.6 is 23.1 Å². The summed E-state index contributed by atoms with van der Waals surface area (Å²) in [6.45, 7) is 4.11. The minimum atomic E-state index is -0.870. The van der Waals surface area contributed by atoms with Crippen LogP contribution in [0.25, 0.3) is 0 Å². The molecule has 0 radical (unpaired) electrons. The van der Waals surface area contributed by atoms with Crippen LogP contribution in [0.4, 0.5) is 0 Å². The zero-order valence-corrected chi connectivity index (χ0v) is 13.4. The number of hydrogen-bond acceptors (Lipinski definition) is 4. The molecular formula is C14H19NO3S2. The average Bonchev–Trinajstić information content (AvgIpc) is 2.81. The molecule has 1 aliphatic rings. The average molecular weight is 313 g/mol. The van der Waals surface area contributed by atoms with E-state index in [1.807, 2.05) is 31.7 Å². The molecule has 0 aromatic carbocycles. The lowest BCUT2D eigenvalue weighted by atomic mass is 10.2. The highest BCUT2D eigenvalue weighted by Gasteiger charge is 2.23. The highest BCUT2D eigenvalue weighted by Crippen LogP contribution is 2.32. The predicted molar refractivity (Wildman–Crippen MR) is 82.6 cm³/mol. The number of hydrogen-bond donors (Lipinski definition) is 1. The van der Waals surface area contributed by atoms with E-state index in [9.17, 15) is 9.59 Å². The van der Waals surface area contributed by atoms with Gasteiger partial charge in [-0.05, 0) is 37.7 Å². The normalized spacial score (nSPS) is 14.2. The summed E-state index contributed by atoms with van der Waals surface area (Å²) in [5.41, 5.74) is 1.27. The number of fused-ring (bicyclic) bond motifs is 1. The number of aryl methyl sites for hydroxylation is 1. The van der Waals surface area contributed by atoms with Gasteiger partial charge in [0.05, 0.1) is 11.3 Å². The molecular weight excluding hydrogens is 294 g/mol. The van der Waals surface area contributed by atoms with E-state index in [-0.39, 0.29) is 24.9 Å². The van der Waals surface area contributed by atoms with Gasteiger partial charge in [-0.15, -0.1) is 11.3 Å². The van der Waals surface area contributed by atoms with Crippen LogP contribution in [-0.2, 0) is 17.0 Å². The number of thiophene rings is 1. The van der Waals surface area contributed by atoms with Crippen molar-refractivity contribution in [3.05, 3.63) is 21.4 Å². The van der Waals surface area contributed by atoms with Crippen molar-refractivity contribution in [1.82, 2.24) is 4.90 Å². The molecule has 0 aliphatic carbocycles. The lowest BCUT2D eigenvalue weighted by Crippen LogP contribution is -2.38. The number of thioether (sulfide) groups is 1. The van der Waals surface area contributed by atoms with Gasteiger partial charge in [-0.1, -0.05) is 0 Å². The fraction of sp³-hybridized carbons (Fsp3) is 0.571. The Balaban J connectivity index is 2.14. The van der Waals surface area contributed by atoms with E-state index in [0.29, 0.717) is 0 Å². The molecule has 0 unspecified atom stereocenters. The Hall–Kier alpha value is -1.01. The highest BCUT2D eigenvalue weighted by molar-refractivity contribution is 7.98. The third-order valence-electron chi connectivity index (χ3n) is 3.29. The first-order valence-electron chi connectivity index (χ1n) is 6.71. The van der Waals surface area contributed by atoms with Gasteiger partial charge in [0.1, 0.15) is 0 Å². The molecule has 4 nitrogen and oxygen atoms in total. The summed E-state index contributed by atoms with van der Waals surface area (Å²) in [6.07, 6.45) is 1.03. The predicted octanol–water partition coefficient (Wildman–Crippen LogP) is 2.86. The third-order valence-corrected chi connectivity index (χ3v) is 5.52. The monoisotopic (exact) mass is 313 g/mol. The Labute approximate surface area is 127 Å². The summed E-state index contributed by atoms with van der Waals surface area (Å²) in [6, 6.07) is 2.00. The first-order chi connectivity index (χ1) is 9.49. The van der Waals surface area contributed by atoms with Gasteiger partial charge in [0, 0.05) is 23.2 Å². The SMILES string of the molecule is CC(C)N(CCC(=O)O)C(=O)c1cc2c(s1)CCSC2. The Morgan fingerprint density at radius 1 is 1.45 bits per heavy atom. The van der Waals surface area contributed by atoms with Crippen molar-refractivity contribution in [1.29, 1.82) is 0 Å². The Kier molecular flexibility index (Phi) is 5.10. The zero-order valence-electron chi connectivity index (χ0n) is 11.7. The second-order valence-corrected chi connectivity index (χ2v) is 7.34. The largest absolute Gasteiger partial charge is 0.481 e. The minimum Gasteiger partial charge on any atom is -0.481 e. The summed E-state index contributed by atoms with van der Waals surface area (Å²) in [7, 11) is 0. The summed E-state index contributed by atoms with van der Waals surface area (Å²) in [5, 5.41) is 8.79. The number of aliphatic carboxylic acids is 1. The maximum atomic E-state index is 12.6. The molecule has 0 saturated heterocycles. The van der Waals surface area contributed by atoms with Crippen LogP contribution < -0.4 is 0 Å². The van der Waals surface area contributed by atoms with E-state index < -0.39 is 5.97 Å². The maximum absolute atomic E-state index is 12.6. The molecule has 0 bridgehead atoms. The van der Waals surface area contributed by atoms with Gasteiger partial charge in [0.2, 0.25) is 0 Å². The Morgan fingerprint density at radius 2 is 2.20 bits per heavy atom. The lowest BCUT2D eigenvalue weighted by molar-refractivity contribution is -0.137. The molecule has 110 valence electrons. The summed E-state index contributed by atoms with van der Waals surface area (Å²) >= 11 is 3.47. The quantitative estimate of drug-likeness (QED) is 0.908. The number of carboxylic acids is 1. The standard InChI is InChI=1S/C14H19NO3S2/c1-9(2)15(5-3-13(16)17)14(18)12-7-10-8-19-6-4-11(10)20-12/h7,9H,3-6,8H2,1-2H3,(H,16,17). The first-order valence-corrected chi connectivity index (χ1v) is 8.68. The summed E-state index contributed by atoms with van der Waals surface area (Å²) < 4.78 is 0. The first kappa shape index (κ1) is 15.4. The van der Waals surface area contributed by atoms with Gasteiger partial charge < -0.3 is 10.0 Å². The maximum Gasteiger partial charge on any atom is 0.305 e. The van der Waals surface area contributed by atoms with Crippen molar-refractivity contribution in [3.8, 4) is 0 Å². The minimum absolute atomic E-state index is 0.00907. The molecule has 1 N–H and O–H groups in total. The van der Waals surface area contributed by atoms with E-state index >= 15 is 0 Å².